The fourth-order valence-corrected chi connectivity index (χ4v) is 3.56. The van der Waals surface area contributed by atoms with Gasteiger partial charge < -0.3 is 9.08 Å². The lowest BCUT2D eigenvalue weighted by atomic mass is 10.1. The third kappa shape index (κ3) is 6.22. The molecular formula is C19H21ClFNO4S. The second kappa shape index (κ2) is 9.19. The SMILES string of the molecule is CC(C)CN(Cc1cccc(OS(=O)(=O)c2ccc(F)cc2)c1)C(=O)CCl. The second-order valence-corrected chi connectivity index (χ2v) is 8.25. The first-order chi connectivity index (χ1) is 12.7. The average molecular weight is 414 g/mol. The summed E-state index contributed by atoms with van der Waals surface area (Å²) in [5, 5.41) is 0. The number of hydrogen-bond donors (Lipinski definition) is 0. The summed E-state index contributed by atoms with van der Waals surface area (Å²) >= 11 is 5.67. The molecular weight excluding hydrogens is 393 g/mol. The second-order valence-electron chi connectivity index (χ2n) is 6.44. The molecule has 1 amide bonds. The number of halogens is 2. The van der Waals surface area contributed by atoms with Crippen molar-refractivity contribution in [2.75, 3.05) is 12.4 Å². The molecule has 2 aromatic carbocycles. The Labute approximate surface area is 163 Å². The molecule has 0 radical (unpaired) electrons. The summed E-state index contributed by atoms with van der Waals surface area (Å²) in [7, 11) is -4.08. The van der Waals surface area contributed by atoms with Crippen LogP contribution in [0.3, 0.4) is 0 Å². The maximum Gasteiger partial charge on any atom is 0.339 e. The molecule has 0 heterocycles. The predicted molar refractivity (Wildman–Crippen MR) is 102 cm³/mol. The van der Waals surface area contributed by atoms with Crippen LogP contribution in [-0.4, -0.2) is 31.6 Å². The van der Waals surface area contributed by atoms with Gasteiger partial charge in [-0.15, -0.1) is 11.6 Å². The van der Waals surface area contributed by atoms with Crippen molar-refractivity contribution in [3.63, 3.8) is 0 Å². The van der Waals surface area contributed by atoms with Crippen molar-refractivity contribution in [1.82, 2.24) is 4.90 Å². The molecule has 0 unspecified atom stereocenters. The maximum absolute atomic E-state index is 13.0. The van der Waals surface area contributed by atoms with Crippen LogP contribution in [0.15, 0.2) is 53.4 Å². The van der Waals surface area contributed by atoms with Crippen molar-refractivity contribution in [3.05, 3.63) is 59.9 Å². The lowest BCUT2D eigenvalue weighted by Gasteiger charge is -2.24. The fourth-order valence-electron chi connectivity index (χ4n) is 2.47. The van der Waals surface area contributed by atoms with Gasteiger partial charge in [0.05, 0.1) is 0 Å². The topological polar surface area (TPSA) is 63.7 Å². The number of amides is 1. The molecule has 2 rings (SSSR count). The molecule has 5 nitrogen and oxygen atoms in total. The highest BCUT2D eigenvalue weighted by Gasteiger charge is 2.18. The van der Waals surface area contributed by atoms with E-state index in [4.69, 9.17) is 15.8 Å². The van der Waals surface area contributed by atoms with Crippen LogP contribution in [0.5, 0.6) is 5.75 Å². The number of rotatable bonds is 8. The average Bonchev–Trinajstić information content (AvgIpc) is 2.60. The largest absolute Gasteiger partial charge is 0.379 e. The first kappa shape index (κ1) is 21.2. The van der Waals surface area contributed by atoms with Gasteiger partial charge in [-0.3, -0.25) is 4.79 Å². The van der Waals surface area contributed by atoms with E-state index in [1.165, 1.54) is 6.07 Å². The van der Waals surface area contributed by atoms with Gasteiger partial charge in [0.15, 0.2) is 0 Å². The van der Waals surface area contributed by atoms with Crippen molar-refractivity contribution in [1.29, 1.82) is 0 Å². The van der Waals surface area contributed by atoms with E-state index in [2.05, 4.69) is 0 Å². The van der Waals surface area contributed by atoms with Gasteiger partial charge in [-0.05, 0) is 47.9 Å². The van der Waals surface area contributed by atoms with E-state index in [0.29, 0.717) is 12.1 Å². The monoisotopic (exact) mass is 413 g/mol. The normalized spacial score (nSPS) is 11.4. The number of carbonyl (C=O) groups is 1. The predicted octanol–water partition coefficient (Wildman–Crippen LogP) is 3.82. The van der Waals surface area contributed by atoms with Crippen LogP contribution >= 0.6 is 11.6 Å². The first-order valence-electron chi connectivity index (χ1n) is 8.34. The molecule has 0 aliphatic carbocycles. The molecule has 0 saturated heterocycles. The quantitative estimate of drug-likeness (QED) is 0.487. The summed E-state index contributed by atoms with van der Waals surface area (Å²) in [6, 6.07) is 10.8. The highest BCUT2D eigenvalue weighted by molar-refractivity contribution is 7.87. The Morgan fingerprint density at radius 1 is 1.19 bits per heavy atom. The first-order valence-corrected chi connectivity index (χ1v) is 10.3. The van der Waals surface area contributed by atoms with E-state index in [9.17, 15) is 17.6 Å². The van der Waals surface area contributed by atoms with E-state index in [0.717, 1.165) is 24.3 Å². The van der Waals surface area contributed by atoms with Gasteiger partial charge >= 0.3 is 10.1 Å². The molecule has 0 saturated carbocycles. The minimum atomic E-state index is -4.08. The minimum Gasteiger partial charge on any atom is -0.379 e. The minimum absolute atomic E-state index is 0.111. The highest BCUT2D eigenvalue weighted by atomic mass is 35.5. The summed E-state index contributed by atoms with van der Waals surface area (Å²) < 4.78 is 42.8. The summed E-state index contributed by atoms with van der Waals surface area (Å²) in [5.41, 5.74) is 0.709. The van der Waals surface area contributed by atoms with Crippen LogP contribution in [-0.2, 0) is 21.5 Å². The number of nitrogens with zero attached hydrogens (tertiary/aromatic N) is 1. The van der Waals surface area contributed by atoms with Crippen molar-refractivity contribution in [2.45, 2.75) is 25.3 Å². The lowest BCUT2D eigenvalue weighted by molar-refractivity contribution is -0.129. The van der Waals surface area contributed by atoms with Crippen LogP contribution in [0.25, 0.3) is 0 Å². The van der Waals surface area contributed by atoms with Gasteiger partial charge in [-0.1, -0.05) is 26.0 Å². The molecule has 27 heavy (non-hydrogen) atoms. The molecule has 0 N–H and O–H groups in total. The zero-order valence-electron chi connectivity index (χ0n) is 15.1. The van der Waals surface area contributed by atoms with Gasteiger partial charge in [0.1, 0.15) is 22.3 Å². The van der Waals surface area contributed by atoms with Crippen molar-refractivity contribution >= 4 is 27.6 Å². The van der Waals surface area contributed by atoms with Crippen LogP contribution in [0.4, 0.5) is 4.39 Å². The molecule has 146 valence electrons. The fraction of sp³-hybridized carbons (Fsp3) is 0.316. The number of benzene rings is 2. The third-order valence-corrected chi connectivity index (χ3v) is 5.12. The number of hydrogen-bond acceptors (Lipinski definition) is 4. The molecule has 0 atom stereocenters. The third-order valence-electron chi connectivity index (χ3n) is 3.63. The van der Waals surface area contributed by atoms with E-state index < -0.39 is 15.9 Å². The maximum atomic E-state index is 13.0. The van der Waals surface area contributed by atoms with Crippen LogP contribution in [0, 0.1) is 11.7 Å². The van der Waals surface area contributed by atoms with E-state index in [1.54, 1.807) is 23.1 Å². The lowest BCUT2D eigenvalue weighted by Crippen LogP contribution is -2.34. The standard InChI is InChI=1S/C19H21ClFNO4S/c1-14(2)12-22(19(23)11-20)13-15-4-3-5-17(10-15)26-27(24,25)18-8-6-16(21)7-9-18/h3-10,14H,11-13H2,1-2H3. The molecule has 8 heteroatoms. The summed E-state index contributed by atoms with van der Waals surface area (Å²) in [6.45, 7) is 4.80. The van der Waals surface area contributed by atoms with Gasteiger partial charge in [0, 0.05) is 13.1 Å². The van der Waals surface area contributed by atoms with E-state index >= 15 is 0 Å². The molecule has 2 aromatic rings. The Kier molecular flexibility index (Phi) is 7.21. The Morgan fingerprint density at radius 3 is 2.44 bits per heavy atom. The molecule has 0 bridgehead atoms. The molecule has 0 fully saturated rings. The smallest absolute Gasteiger partial charge is 0.339 e. The Balaban J connectivity index is 2.18. The Bertz CT molecular complexity index is 885. The Hall–Kier alpha value is -2.12. The van der Waals surface area contributed by atoms with Crippen molar-refractivity contribution < 1.29 is 21.8 Å². The van der Waals surface area contributed by atoms with Crippen LogP contribution < -0.4 is 4.18 Å². The van der Waals surface area contributed by atoms with Crippen LogP contribution in [0.2, 0.25) is 0 Å². The highest BCUT2D eigenvalue weighted by Crippen LogP contribution is 2.21. The summed E-state index contributed by atoms with van der Waals surface area (Å²) in [5.74, 6) is -0.488. The van der Waals surface area contributed by atoms with E-state index in [-0.39, 0.29) is 34.9 Å². The van der Waals surface area contributed by atoms with Crippen molar-refractivity contribution in [2.24, 2.45) is 5.92 Å². The summed E-state index contributed by atoms with van der Waals surface area (Å²) in [4.78, 5) is 13.5. The molecule has 0 aromatic heterocycles. The number of carbonyl (C=O) groups excluding carboxylic acids is 1. The molecule has 0 aliphatic rings. The zero-order chi connectivity index (χ0) is 20.0. The summed E-state index contributed by atoms with van der Waals surface area (Å²) in [6.07, 6.45) is 0. The van der Waals surface area contributed by atoms with Crippen molar-refractivity contribution in [3.8, 4) is 5.75 Å². The van der Waals surface area contributed by atoms with Crippen LogP contribution in [0.1, 0.15) is 19.4 Å². The van der Waals surface area contributed by atoms with Gasteiger partial charge in [-0.25, -0.2) is 4.39 Å². The molecule has 0 aliphatic heterocycles. The van der Waals surface area contributed by atoms with E-state index in [1.807, 2.05) is 13.8 Å². The molecule has 0 spiro atoms. The number of alkyl halides is 1. The Morgan fingerprint density at radius 2 is 1.85 bits per heavy atom. The zero-order valence-corrected chi connectivity index (χ0v) is 16.6. The van der Waals surface area contributed by atoms with Gasteiger partial charge in [0.2, 0.25) is 5.91 Å². The van der Waals surface area contributed by atoms with Gasteiger partial charge in [0.25, 0.3) is 0 Å². The van der Waals surface area contributed by atoms with Gasteiger partial charge in [-0.2, -0.15) is 8.42 Å².